The lowest BCUT2D eigenvalue weighted by Gasteiger charge is -2.07. The molecule has 0 fully saturated rings. The number of halogens is 3. The molecule has 1 rings (SSSR count). The Labute approximate surface area is 77.7 Å². The van der Waals surface area contributed by atoms with Gasteiger partial charge in [0, 0.05) is 5.56 Å². The van der Waals surface area contributed by atoms with Crippen LogP contribution in [0.4, 0.5) is 19.0 Å². The zero-order valence-electron chi connectivity index (χ0n) is 7.04. The Kier molecular flexibility index (Phi) is 2.65. The van der Waals surface area contributed by atoms with Gasteiger partial charge < -0.3 is 5.73 Å². The van der Waals surface area contributed by atoms with Crippen molar-refractivity contribution >= 4 is 5.82 Å². The van der Waals surface area contributed by atoms with Crippen LogP contribution in [0.5, 0.6) is 0 Å². The zero-order chi connectivity index (χ0) is 10.8. The van der Waals surface area contributed by atoms with E-state index in [0.717, 1.165) is 0 Å². The number of nitrogens with zero attached hydrogens (tertiary/aromatic N) is 3. The average molecular weight is 204 g/mol. The molecular weight excluding hydrogens is 197 g/mol. The lowest BCUT2D eigenvalue weighted by atomic mass is 10.2. The molecule has 1 aromatic heterocycles. The van der Waals surface area contributed by atoms with Crippen molar-refractivity contribution in [1.29, 1.82) is 5.26 Å². The normalized spacial score (nSPS) is 11.3. The van der Waals surface area contributed by atoms with Gasteiger partial charge in [-0.1, -0.05) is 0 Å². The van der Waals surface area contributed by atoms with Crippen molar-refractivity contribution in [2.24, 2.45) is 0 Å². The topological polar surface area (TPSA) is 67.6 Å². The zero-order valence-corrected chi connectivity index (χ0v) is 7.04. The minimum Gasteiger partial charge on any atom is -0.384 e. The molecule has 0 atom stereocenters. The Hall–Kier alpha value is -1.71. The van der Waals surface area contributed by atoms with E-state index >= 15 is 0 Å². The molecule has 0 unspecified atom stereocenters. The molecule has 14 heavy (non-hydrogen) atoms. The molecule has 4 nitrogen and oxygen atoms in total. The number of alkyl halides is 3. The van der Waals surface area contributed by atoms with Crippen LogP contribution in [-0.4, -0.2) is 16.0 Å². The van der Waals surface area contributed by atoms with Gasteiger partial charge in [0.2, 0.25) is 0 Å². The van der Waals surface area contributed by atoms with Gasteiger partial charge in [0.05, 0.1) is 18.7 Å². The molecule has 1 aromatic rings. The van der Waals surface area contributed by atoms with Gasteiger partial charge >= 0.3 is 6.18 Å². The number of nitrogens with two attached hydrogens (primary N) is 1. The van der Waals surface area contributed by atoms with Gasteiger partial charge in [0.15, 0.2) is 0 Å². The lowest BCUT2D eigenvalue weighted by molar-refractivity contribution is -0.142. The van der Waals surface area contributed by atoms with E-state index in [2.05, 4.69) is 5.10 Å². The lowest BCUT2D eigenvalue weighted by Crippen LogP contribution is -2.20. The molecule has 0 aliphatic rings. The first-order valence-electron chi connectivity index (χ1n) is 3.68. The highest BCUT2D eigenvalue weighted by Gasteiger charge is 2.29. The maximum absolute atomic E-state index is 11.9. The minimum atomic E-state index is -4.36. The van der Waals surface area contributed by atoms with Crippen molar-refractivity contribution in [2.45, 2.75) is 19.1 Å². The van der Waals surface area contributed by atoms with E-state index in [4.69, 9.17) is 11.0 Å². The Morgan fingerprint density at radius 3 is 2.71 bits per heavy atom. The summed E-state index contributed by atoms with van der Waals surface area (Å²) in [7, 11) is 0. The quantitative estimate of drug-likeness (QED) is 0.784. The summed E-state index contributed by atoms with van der Waals surface area (Å²) < 4.78 is 36.4. The molecule has 0 saturated carbocycles. The van der Waals surface area contributed by atoms with Crippen LogP contribution in [-0.2, 0) is 13.0 Å². The first-order valence-corrected chi connectivity index (χ1v) is 3.68. The first kappa shape index (κ1) is 10.4. The van der Waals surface area contributed by atoms with Crippen molar-refractivity contribution in [2.75, 3.05) is 5.73 Å². The van der Waals surface area contributed by atoms with Crippen molar-refractivity contribution in [1.82, 2.24) is 9.78 Å². The van der Waals surface area contributed by atoms with Crippen LogP contribution >= 0.6 is 0 Å². The first-order chi connectivity index (χ1) is 6.44. The van der Waals surface area contributed by atoms with Crippen LogP contribution in [0.1, 0.15) is 5.56 Å². The van der Waals surface area contributed by atoms with Gasteiger partial charge in [0.25, 0.3) is 0 Å². The molecular formula is C7H7F3N4. The number of nitriles is 1. The van der Waals surface area contributed by atoms with E-state index in [1.807, 2.05) is 0 Å². The SMILES string of the molecule is N#CCc1cnn(CC(F)(F)F)c1N. The van der Waals surface area contributed by atoms with Crippen LogP contribution in [0, 0.1) is 11.3 Å². The van der Waals surface area contributed by atoms with Crippen LogP contribution in [0.25, 0.3) is 0 Å². The highest BCUT2D eigenvalue weighted by atomic mass is 19.4. The molecule has 0 aliphatic heterocycles. The summed E-state index contributed by atoms with van der Waals surface area (Å²) in [6.07, 6.45) is -3.22. The molecule has 1 heterocycles. The number of hydrogen-bond acceptors (Lipinski definition) is 3. The van der Waals surface area contributed by atoms with Crippen molar-refractivity contribution < 1.29 is 13.2 Å². The second-order valence-electron chi connectivity index (χ2n) is 2.66. The Balaban J connectivity index is 2.86. The molecule has 0 aliphatic carbocycles. The summed E-state index contributed by atoms with van der Waals surface area (Å²) in [6, 6.07) is 1.79. The number of nitrogen functional groups attached to an aromatic ring is 1. The molecule has 2 N–H and O–H groups in total. The van der Waals surface area contributed by atoms with Crippen LogP contribution in [0.2, 0.25) is 0 Å². The van der Waals surface area contributed by atoms with Crippen molar-refractivity contribution in [3.8, 4) is 6.07 Å². The molecule has 0 aromatic carbocycles. The molecule has 0 saturated heterocycles. The van der Waals surface area contributed by atoms with E-state index in [-0.39, 0.29) is 12.2 Å². The van der Waals surface area contributed by atoms with Gasteiger partial charge in [-0.15, -0.1) is 0 Å². The largest absolute Gasteiger partial charge is 0.408 e. The third-order valence-electron chi connectivity index (χ3n) is 1.56. The summed E-state index contributed by atoms with van der Waals surface area (Å²) in [5.74, 6) is -0.108. The third-order valence-corrected chi connectivity index (χ3v) is 1.56. The molecule has 7 heteroatoms. The Morgan fingerprint density at radius 2 is 2.21 bits per heavy atom. The predicted octanol–water partition coefficient (Wildman–Crippen LogP) is 1.09. The monoisotopic (exact) mass is 204 g/mol. The fourth-order valence-electron chi connectivity index (χ4n) is 0.951. The molecule has 0 radical (unpaired) electrons. The number of aromatic nitrogens is 2. The number of anilines is 1. The Bertz CT molecular complexity index is 360. The van der Waals surface area contributed by atoms with Gasteiger partial charge in [-0.3, -0.25) is 0 Å². The van der Waals surface area contributed by atoms with Crippen LogP contribution in [0.15, 0.2) is 6.20 Å². The summed E-state index contributed by atoms with van der Waals surface area (Å²) in [4.78, 5) is 0. The van der Waals surface area contributed by atoms with Crippen LogP contribution < -0.4 is 5.73 Å². The highest BCUT2D eigenvalue weighted by Crippen LogP contribution is 2.20. The summed E-state index contributed by atoms with van der Waals surface area (Å²) >= 11 is 0. The third kappa shape index (κ3) is 2.39. The second kappa shape index (κ2) is 3.57. The van der Waals surface area contributed by atoms with E-state index in [0.29, 0.717) is 10.2 Å². The molecule has 0 bridgehead atoms. The van der Waals surface area contributed by atoms with Gasteiger partial charge in [-0.05, 0) is 0 Å². The molecule has 0 spiro atoms. The summed E-state index contributed by atoms with van der Waals surface area (Å²) in [5.41, 5.74) is 5.66. The highest BCUT2D eigenvalue weighted by molar-refractivity contribution is 5.40. The summed E-state index contributed by atoms with van der Waals surface area (Å²) in [5, 5.41) is 11.8. The number of rotatable bonds is 2. The van der Waals surface area contributed by atoms with E-state index < -0.39 is 12.7 Å². The van der Waals surface area contributed by atoms with Gasteiger partial charge in [-0.2, -0.15) is 23.5 Å². The van der Waals surface area contributed by atoms with E-state index in [9.17, 15) is 13.2 Å². The van der Waals surface area contributed by atoms with Crippen molar-refractivity contribution in [3.05, 3.63) is 11.8 Å². The van der Waals surface area contributed by atoms with Gasteiger partial charge in [-0.25, -0.2) is 4.68 Å². The average Bonchev–Trinajstić information content (AvgIpc) is 2.34. The summed E-state index contributed by atoms with van der Waals surface area (Å²) in [6.45, 7) is -1.23. The standard InChI is InChI=1S/C7H7F3N4/c8-7(9,10)4-14-6(12)5(1-2-11)3-13-14/h3H,1,4,12H2. The van der Waals surface area contributed by atoms with Gasteiger partial charge in [0.1, 0.15) is 12.4 Å². The fraction of sp³-hybridized carbons (Fsp3) is 0.429. The number of hydrogen-bond donors (Lipinski definition) is 1. The minimum absolute atomic E-state index is 0.0380. The predicted molar refractivity (Wildman–Crippen MR) is 42.0 cm³/mol. The van der Waals surface area contributed by atoms with E-state index in [1.54, 1.807) is 6.07 Å². The maximum Gasteiger partial charge on any atom is 0.408 e. The second-order valence-corrected chi connectivity index (χ2v) is 2.66. The molecule has 0 amide bonds. The molecule has 76 valence electrons. The maximum atomic E-state index is 11.9. The van der Waals surface area contributed by atoms with Crippen LogP contribution in [0.3, 0.4) is 0 Å². The van der Waals surface area contributed by atoms with E-state index in [1.165, 1.54) is 6.20 Å². The Morgan fingerprint density at radius 1 is 1.57 bits per heavy atom. The fourth-order valence-corrected chi connectivity index (χ4v) is 0.951. The van der Waals surface area contributed by atoms with Crippen molar-refractivity contribution in [3.63, 3.8) is 0 Å². The smallest absolute Gasteiger partial charge is 0.384 e.